The van der Waals surface area contributed by atoms with Crippen molar-refractivity contribution in [2.45, 2.75) is 32.9 Å². The van der Waals surface area contributed by atoms with Gasteiger partial charge in [0.25, 0.3) is 5.56 Å². The van der Waals surface area contributed by atoms with E-state index in [1.165, 1.54) is 18.4 Å². The molecule has 1 aliphatic rings. The summed E-state index contributed by atoms with van der Waals surface area (Å²) >= 11 is 1.26. The first-order valence-corrected chi connectivity index (χ1v) is 14.9. The van der Waals surface area contributed by atoms with Crippen LogP contribution >= 0.6 is 11.3 Å². The molecule has 4 aromatic rings. The molecule has 0 saturated carbocycles. The van der Waals surface area contributed by atoms with Gasteiger partial charge in [-0.25, -0.2) is 14.6 Å². The zero-order valence-electron chi connectivity index (χ0n) is 24.9. The van der Waals surface area contributed by atoms with Crippen molar-refractivity contribution in [2.75, 3.05) is 20.8 Å². The standard InChI is InChI=1S/C34H32N2O7S/c1-5-25-29(33(39)41-4)30(23-10-8-7-9-11-23)36-31(37)28(44-34(36)35-25)19-22-14-17-26(27(18-22)40-3)43-20-21-12-15-24(16-13-21)32(38)42-6-2/h7-19,30H,5-6,20H2,1-4H3/b28-19+/t30-/m1/s1. The summed E-state index contributed by atoms with van der Waals surface area (Å²) in [6, 6.07) is 21.2. The minimum Gasteiger partial charge on any atom is -0.493 e. The number of nitrogens with zero attached hydrogens (tertiary/aromatic N) is 2. The van der Waals surface area contributed by atoms with Crippen LogP contribution in [0.4, 0.5) is 0 Å². The van der Waals surface area contributed by atoms with Gasteiger partial charge in [-0.1, -0.05) is 66.8 Å². The van der Waals surface area contributed by atoms with E-state index in [0.717, 1.165) is 16.7 Å². The average Bonchev–Trinajstić information content (AvgIpc) is 3.37. The van der Waals surface area contributed by atoms with Gasteiger partial charge in [-0.3, -0.25) is 9.36 Å². The molecule has 0 amide bonds. The van der Waals surface area contributed by atoms with Crippen LogP contribution in [0.2, 0.25) is 0 Å². The van der Waals surface area contributed by atoms with Gasteiger partial charge in [-0.2, -0.15) is 0 Å². The van der Waals surface area contributed by atoms with E-state index in [2.05, 4.69) is 0 Å². The predicted octanol–water partition coefficient (Wildman–Crippen LogP) is 4.56. The van der Waals surface area contributed by atoms with Crippen molar-refractivity contribution in [3.63, 3.8) is 0 Å². The van der Waals surface area contributed by atoms with Crippen molar-refractivity contribution < 1.29 is 28.5 Å². The molecule has 2 heterocycles. The summed E-state index contributed by atoms with van der Waals surface area (Å²) in [5.41, 5.74) is 3.57. The fraction of sp³-hybridized carbons (Fsp3) is 0.235. The van der Waals surface area contributed by atoms with E-state index < -0.39 is 12.0 Å². The van der Waals surface area contributed by atoms with E-state index in [9.17, 15) is 14.4 Å². The van der Waals surface area contributed by atoms with Crippen LogP contribution in [0.1, 0.15) is 53.4 Å². The number of benzene rings is 3. The number of rotatable bonds is 10. The molecule has 1 aromatic heterocycles. The second-order valence-electron chi connectivity index (χ2n) is 9.82. The number of methoxy groups -OCH3 is 2. The van der Waals surface area contributed by atoms with Crippen molar-refractivity contribution in [1.29, 1.82) is 0 Å². The average molecular weight is 613 g/mol. The largest absolute Gasteiger partial charge is 0.493 e. The van der Waals surface area contributed by atoms with Gasteiger partial charge >= 0.3 is 11.9 Å². The highest BCUT2D eigenvalue weighted by atomic mass is 32.1. The molecule has 0 fully saturated rings. The molecule has 226 valence electrons. The third-order valence-electron chi connectivity index (χ3n) is 7.11. The van der Waals surface area contributed by atoms with E-state index in [1.807, 2.05) is 55.5 Å². The summed E-state index contributed by atoms with van der Waals surface area (Å²) in [4.78, 5) is 43.9. The second kappa shape index (κ2) is 13.6. The minimum absolute atomic E-state index is 0.260. The lowest BCUT2D eigenvalue weighted by Crippen LogP contribution is -2.40. The monoisotopic (exact) mass is 612 g/mol. The van der Waals surface area contributed by atoms with E-state index in [4.69, 9.17) is 23.9 Å². The molecular formula is C34H32N2O7S. The van der Waals surface area contributed by atoms with E-state index in [1.54, 1.807) is 48.9 Å². The van der Waals surface area contributed by atoms with Crippen LogP contribution < -0.4 is 24.4 Å². The summed E-state index contributed by atoms with van der Waals surface area (Å²) in [6.07, 6.45) is 2.28. The number of carbonyl (C=O) groups is 2. The molecule has 0 spiro atoms. The lowest BCUT2D eigenvalue weighted by atomic mass is 9.95. The Labute approximate surface area is 258 Å². The van der Waals surface area contributed by atoms with Gasteiger partial charge in [-0.05, 0) is 60.4 Å². The second-order valence-corrected chi connectivity index (χ2v) is 10.8. The smallest absolute Gasteiger partial charge is 0.338 e. The molecule has 44 heavy (non-hydrogen) atoms. The van der Waals surface area contributed by atoms with Crippen LogP contribution in [0.5, 0.6) is 11.5 Å². The van der Waals surface area contributed by atoms with E-state index in [0.29, 0.717) is 50.7 Å². The Morgan fingerprint density at radius 1 is 0.955 bits per heavy atom. The first-order chi connectivity index (χ1) is 21.4. The zero-order valence-corrected chi connectivity index (χ0v) is 25.7. The van der Waals surface area contributed by atoms with Crippen LogP contribution in [0.15, 0.2) is 93.9 Å². The van der Waals surface area contributed by atoms with Gasteiger partial charge in [0, 0.05) is 0 Å². The van der Waals surface area contributed by atoms with Gasteiger partial charge in [0.1, 0.15) is 6.61 Å². The summed E-state index contributed by atoms with van der Waals surface area (Å²) in [5.74, 6) is 0.150. The lowest BCUT2D eigenvalue weighted by molar-refractivity contribution is -0.136. The van der Waals surface area contributed by atoms with Crippen molar-refractivity contribution in [1.82, 2.24) is 4.57 Å². The first kappa shape index (κ1) is 30.5. The molecule has 0 saturated heterocycles. The van der Waals surface area contributed by atoms with Crippen molar-refractivity contribution in [3.05, 3.63) is 126 Å². The Kier molecular flexibility index (Phi) is 9.40. The summed E-state index contributed by atoms with van der Waals surface area (Å²) in [5, 5.41) is 0. The van der Waals surface area contributed by atoms with Gasteiger partial charge in [-0.15, -0.1) is 0 Å². The Bertz CT molecular complexity index is 1890. The van der Waals surface area contributed by atoms with Gasteiger partial charge in [0.05, 0.1) is 48.2 Å². The maximum absolute atomic E-state index is 13.9. The number of carbonyl (C=O) groups excluding carboxylic acids is 2. The molecule has 0 N–H and O–H groups in total. The highest BCUT2D eigenvalue weighted by molar-refractivity contribution is 7.07. The topological polar surface area (TPSA) is 105 Å². The fourth-order valence-electron chi connectivity index (χ4n) is 4.97. The SMILES string of the molecule is CCOC(=O)c1ccc(COc2ccc(/C=c3/sc4n(c3=O)[C@H](c3ccccc3)C(C(=O)OC)=C(CC)N=4)cc2OC)cc1. The zero-order chi connectivity index (χ0) is 31.2. The van der Waals surface area contributed by atoms with Crippen LogP contribution in [0, 0.1) is 0 Å². The Balaban J connectivity index is 1.46. The number of thiazole rings is 1. The maximum atomic E-state index is 13.9. The van der Waals surface area contributed by atoms with Crippen LogP contribution in [-0.2, 0) is 20.9 Å². The van der Waals surface area contributed by atoms with Gasteiger partial charge in [0.2, 0.25) is 0 Å². The summed E-state index contributed by atoms with van der Waals surface area (Å²) < 4.78 is 23.8. The normalized spacial score (nSPS) is 14.5. The lowest BCUT2D eigenvalue weighted by Gasteiger charge is -2.25. The molecular weight excluding hydrogens is 580 g/mol. The van der Waals surface area contributed by atoms with Crippen LogP contribution in [0.3, 0.4) is 0 Å². The molecule has 9 nitrogen and oxygen atoms in total. The molecule has 3 aromatic carbocycles. The van der Waals surface area contributed by atoms with Crippen LogP contribution in [0.25, 0.3) is 6.08 Å². The quantitative estimate of drug-likeness (QED) is 0.242. The number of allylic oxidation sites excluding steroid dienone is 1. The number of aromatic nitrogens is 1. The van der Waals surface area contributed by atoms with E-state index in [-0.39, 0.29) is 18.1 Å². The Morgan fingerprint density at radius 2 is 1.70 bits per heavy atom. The molecule has 1 aliphatic heterocycles. The fourth-order valence-corrected chi connectivity index (χ4v) is 5.99. The first-order valence-electron chi connectivity index (χ1n) is 14.1. The maximum Gasteiger partial charge on any atom is 0.338 e. The predicted molar refractivity (Wildman–Crippen MR) is 167 cm³/mol. The van der Waals surface area contributed by atoms with Gasteiger partial charge < -0.3 is 18.9 Å². The number of fused-ring (bicyclic) bond motifs is 1. The highest BCUT2D eigenvalue weighted by Gasteiger charge is 2.33. The molecule has 10 heteroatoms. The molecule has 0 aliphatic carbocycles. The molecule has 0 unspecified atom stereocenters. The summed E-state index contributed by atoms with van der Waals surface area (Å²) in [6.45, 7) is 4.27. The molecule has 1 atom stereocenters. The molecule has 0 bridgehead atoms. The number of hydrogen-bond acceptors (Lipinski definition) is 9. The van der Waals surface area contributed by atoms with Crippen LogP contribution in [-0.4, -0.2) is 37.3 Å². The Hall–Kier alpha value is -4.96. The van der Waals surface area contributed by atoms with Gasteiger partial charge in [0.15, 0.2) is 16.3 Å². The number of esters is 2. The van der Waals surface area contributed by atoms with Crippen molar-refractivity contribution in [2.24, 2.45) is 4.99 Å². The summed E-state index contributed by atoms with van der Waals surface area (Å²) in [7, 11) is 2.88. The number of hydrogen-bond donors (Lipinski definition) is 0. The highest BCUT2D eigenvalue weighted by Crippen LogP contribution is 2.32. The minimum atomic E-state index is -0.659. The third kappa shape index (κ3) is 6.21. The Morgan fingerprint density at radius 3 is 2.36 bits per heavy atom. The van der Waals surface area contributed by atoms with E-state index >= 15 is 0 Å². The third-order valence-corrected chi connectivity index (χ3v) is 8.09. The molecule has 0 radical (unpaired) electrons. The van der Waals surface area contributed by atoms with Crippen molar-refractivity contribution in [3.8, 4) is 11.5 Å². The molecule has 5 rings (SSSR count). The van der Waals surface area contributed by atoms with Crippen molar-refractivity contribution >= 4 is 29.4 Å². The number of ether oxygens (including phenoxy) is 4.